The third-order valence-corrected chi connectivity index (χ3v) is 5.22. The molecule has 5 atom stereocenters. The van der Waals surface area contributed by atoms with Crippen molar-refractivity contribution in [1.29, 1.82) is 0 Å². The van der Waals surface area contributed by atoms with Gasteiger partial charge < -0.3 is 39.7 Å². The van der Waals surface area contributed by atoms with E-state index >= 15 is 0 Å². The first-order valence-corrected chi connectivity index (χ1v) is 10.1. The van der Waals surface area contributed by atoms with Crippen molar-refractivity contribution in [2.45, 2.75) is 49.1 Å². The quantitative estimate of drug-likeness (QED) is 0.314. The molecule has 1 heterocycles. The van der Waals surface area contributed by atoms with Gasteiger partial charge in [-0.25, -0.2) is 0 Å². The van der Waals surface area contributed by atoms with E-state index in [1.165, 1.54) is 36.4 Å². The molecule has 32 heavy (non-hydrogen) atoms. The molecule has 0 spiro atoms. The number of hydrogen-bond acceptors (Lipinski definition) is 10. The number of carbonyl (C=O) groups is 2. The number of carbonyl (C=O) groups excluding carboxylic acids is 2. The van der Waals surface area contributed by atoms with E-state index in [-0.39, 0.29) is 37.6 Å². The van der Waals surface area contributed by atoms with E-state index in [1.807, 2.05) is 0 Å². The molecular formula is C22H26O10. The molecule has 0 bridgehead atoms. The van der Waals surface area contributed by atoms with Crippen molar-refractivity contribution in [3.05, 3.63) is 54.1 Å². The molecule has 5 unspecified atom stereocenters. The highest BCUT2D eigenvalue weighted by Gasteiger charge is 2.45. The van der Waals surface area contributed by atoms with E-state index in [0.29, 0.717) is 5.56 Å². The summed E-state index contributed by atoms with van der Waals surface area (Å²) >= 11 is 0. The molecule has 0 amide bonds. The maximum absolute atomic E-state index is 12.1. The number of phenolic OH excluding ortho intramolecular Hbond substituents is 1. The molecule has 1 aliphatic heterocycles. The van der Waals surface area contributed by atoms with Gasteiger partial charge in [0.25, 0.3) is 0 Å². The van der Waals surface area contributed by atoms with Gasteiger partial charge in [0.1, 0.15) is 42.4 Å². The van der Waals surface area contributed by atoms with Gasteiger partial charge in [0.05, 0.1) is 13.0 Å². The summed E-state index contributed by atoms with van der Waals surface area (Å²) < 4.78 is 16.0. The van der Waals surface area contributed by atoms with Gasteiger partial charge >= 0.3 is 5.97 Å². The molecule has 0 radical (unpaired) electrons. The standard InChI is InChI=1S/C22H26O10/c23-14-3-1-13(2-4-14)11-17(25)31-12-16-18(26)19(27)20(28)21(32-16)30-10-9-22(29)7-5-15(24)6-8-22/h1-8,16,18-21,23,26-29H,9-12H2. The highest BCUT2D eigenvalue weighted by atomic mass is 16.7. The number of aliphatic hydroxyl groups is 4. The average Bonchev–Trinajstić information content (AvgIpc) is 2.77. The molecule has 1 aromatic rings. The van der Waals surface area contributed by atoms with Crippen molar-refractivity contribution < 1.29 is 49.3 Å². The fraction of sp³-hybridized carbons (Fsp3) is 0.455. The van der Waals surface area contributed by atoms with Crippen molar-refractivity contribution in [2.24, 2.45) is 0 Å². The van der Waals surface area contributed by atoms with Crippen LogP contribution in [0.15, 0.2) is 48.6 Å². The van der Waals surface area contributed by atoms with Crippen LogP contribution in [0.1, 0.15) is 12.0 Å². The van der Waals surface area contributed by atoms with Crippen molar-refractivity contribution in [3.63, 3.8) is 0 Å². The summed E-state index contributed by atoms with van der Waals surface area (Å²) in [5.41, 5.74) is -0.783. The van der Waals surface area contributed by atoms with E-state index in [2.05, 4.69) is 0 Å². The summed E-state index contributed by atoms with van der Waals surface area (Å²) in [4.78, 5) is 23.2. The third-order valence-electron chi connectivity index (χ3n) is 5.22. The van der Waals surface area contributed by atoms with Crippen LogP contribution in [0.5, 0.6) is 5.75 Å². The van der Waals surface area contributed by atoms with Gasteiger partial charge in [0, 0.05) is 6.42 Å². The van der Waals surface area contributed by atoms with Crippen molar-refractivity contribution in [1.82, 2.24) is 0 Å². The van der Waals surface area contributed by atoms with Crippen LogP contribution in [-0.2, 0) is 30.2 Å². The summed E-state index contributed by atoms with van der Waals surface area (Å²) in [5, 5.41) is 50.0. The van der Waals surface area contributed by atoms with Crippen molar-refractivity contribution >= 4 is 11.8 Å². The second-order valence-corrected chi connectivity index (χ2v) is 7.72. The molecular weight excluding hydrogens is 424 g/mol. The van der Waals surface area contributed by atoms with Gasteiger partial charge in [-0.3, -0.25) is 9.59 Å². The van der Waals surface area contributed by atoms with E-state index in [0.717, 1.165) is 0 Å². The first kappa shape index (κ1) is 24.1. The molecule has 2 aliphatic rings. The lowest BCUT2D eigenvalue weighted by Crippen LogP contribution is -2.59. The summed E-state index contributed by atoms with van der Waals surface area (Å²) in [6.45, 7) is -0.490. The first-order valence-electron chi connectivity index (χ1n) is 10.1. The smallest absolute Gasteiger partial charge is 0.310 e. The molecule has 1 fully saturated rings. The predicted octanol–water partition coefficient (Wildman–Crippen LogP) is -0.882. The van der Waals surface area contributed by atoms with Crippen LogP contribution in [0.3, 0.4) is 0 Å². The minimum Gasteiger partial charge on any atom is -0.508 e. The predicted molar refractivity (Wildman–Crippen MR) is 108 cm³/mol. The van der Waals surface area contributed by atoms with Gasteiger partial charge in [-0.2, -0.15) is 0 Å². The van der Waals surface area contributed by atoms with Crippen LogP contribution < -0.4 is 0 Å². The lowest BCUT2D eigenvalue weighted by atomic mass is 9.94. The third kappa shape index (κ3) is 6.22. The van der Waals surface area contributed by atoms with Crippen LogP contribution in [0.25, 0.3) is 0 Å². The Bertz CT molecular complexity index is 846. The highest BCUT2D eigenvalue weighted by Crippen LogP contribution is 2.24. The number of esters is 1. The zero-order valence-electron chi connectivity index (χ0n) is 17.1. The summed E-state index contributed by atoms with van der Waals surface area (Å²) in [5.74, 6) is -0.797. The second kappa shape index (κ2) is 10.3. The zero-order valence-corrected chi connectivity index (χ0v) is 17.1. The summed E-state index contributed by atoms with van der Waals surface area (Å²) in [6.07, 6.45) is -2.10. The van der Waals surface area contributed by atoms with Crippen LogP contribution >= 0.6 is 0 Å². The Kier molecular flexibility index (Phi) is 7.77. The lowest BCUT2D eigenvalue weighted by Gasteiger charge is -2.40. The molecule has 1 aliphatic carbocycles. The number of benzene rings is 1. The Labute approximate surface area is 184 Å². The molecule has 1 aromatic carbocycles. The van der Waals surface area contributed by atoms with Crippen LogP contribution in [0.4, 0.5) is 0 Å². The first-order chi connectivity index (χ1) is 15.2. The largest absolute Gasteiger partial charge is 0.508 e. The minimum absolute atomic E-state index is 0.0464. The Balaban J connectivity index is 1.50. The fourth-order valence-electron chi connectivity index (χ4n) is 3.27. The molecule has 3 rings (SSSR count). The number of aromatic hydroxyl groups is 1. The molecule has 10 nitrogen and oxygen atoms in total. The maximum atomic E-state index is 12.1. The highest BCUT2D eigenvalue weighted by molar-refractivity contribution is 6.00. The second-order valence-electron chi connectivity index (χ2n) is 7.72. The zero-order chi connectivity index (χ0) is 23.3. The normalized spacial score (nSPS) is 29.1. The van der Waals surface area contributed by atoms with Gasteiger partial charge in [-0.15, -0.1) is 0 Å². The molecule has 5 N–H and O–H groups in total. The summed E-state index contributed by atoms with van der Waals surface area (Å²) in [7, 11) is 0. The number of phenols is 1. The van der Waals surface area contributed by atoms with E-state index in [4.69, 9.17) is 14.2 Å². The Morgan fingerprint density at radius 2 is 1.69 bits per heavy atom. The van der Waals surface area contributed by atoms with Crippen molar-refractivity contribution in [3.8, 4) is 5.75 Å². The average molecular weight is 450 g/mol. The van der Waals surface area contributed by atoms with Gasteiger partial charge in [0.15, 0.2) is 12.1 Å². The summed E-state index contributed by atoms with van der Waals surface area (Å²) in [6, 6.07) is 5.99. The topological polar surface area (TPSA) is 163 Å². The van der Waals surface area contributed by atoms with Crippen LogP contribution in [0.2, 0.25) is 0 Å². The molecule has 1 saturated heterocycles. The number of aliphatic hydroxyl groups excluding tert-OH is 3. The van der Waals surface area contributed by atoms with E-state index < -0.39 is 42.3 Å². The van der Waals surface area contributed by atoms with Crippen molar-refractivity contribution in [2.75, 3.05) is 13.2 Å². The molecule has 174 valence electrons. The van der Waals surface area contributed by atoms with E-state index in [9.17, 15) is 35.1 Å². The molecule has 10 heteroatoms. The Morgan fingerprint density at radius 3 is 2.34 bits per heavy atom. The van der Waals surface area contributed by atoms with E-state index in [1.54, 1.807) is 12.1 Å². The SMILES string of the molecule is O=C1C=CC(O)(CCOC2OC(COC(=O)Cc3ccc(O)cc3)C(O)C(O)C2O)C=C1. The Hall–Kier alpha value is -2.60. The number of hydrogen-bond donors (Lipinski definition) is 5. The fourth-order valence-corrected chi connectivity index (χ4v) is 3.27. The molecule has 0 saturated carbocycles. The number of rotatable bonds is 8. The van der Waals surface area contributed by atoms with Gasteiger partial charge in [0.2, 0.25) is 0 Å². The van der Waals surface area contributed by atoms with Gasteiger partial charge in [-0.1, -0.05) is 12.1 Å². The number of ketones is 1. The minimum atomic E-state index is -1.61. The number of allylic oxidation sites excluding steroid dienone is 2. The monoisotopic (exact) mass is 450 g/mol. The Morgan fingerprint density at radius 1 is 1.03 bits per heavy atom. The lowest BCUT2D eigenvalue weighted by molar-refractivity contribution is -0.302. The number of ether oxygens (including phenoxy) is 3. The maximum Gasteiger partial charge on any atom is 0.310 e. The van der Waals surface area contributed by atoms with Crippen LogP contribution in [-0.4, -0.2) is 86.8 Å². The van der Waals surface area contributed by atoms with Crippen LogP contribution in [0, 0.1) is 0 Å². The molecule has 0 aromatic heterocycles. The van der Waals surface area contributed by atoms with Gasteiger partial charge in [-0.05, 0) is 42.0 Å².